The second-order valence-electron chi connectivity index (χ2n) is 4.50. The van der Waals surface area contributed by atoms with E-state index in [0.29, 0.717) is 6.42 Å². The van der Waals surface area contributed by atoms with Crippen molar-refractivity contribution < 1.29 is 14.6 Å². The van der Waals surface area contributed by atoms with E-state index in [-0.39, 0.29) is 17.9 Å². The van der Waals surface area contributed by atoms with Gasteiger partial charge in [-0.25, -0.2) is 4.98 Å². The largest absolute Gasteiger partial charge is 0.469 e. The third kappa shape index (κ3) is 3.30. The fraction of sp³-hybridized carbons (Fsp3) is 0.667. The molecule has 0 aliphatic heterocycles. The van der Waals surface area contributed by atoms with Crippen molar-refractivity contribution in [3.05, 3.63) is 18.2 Å². The number of esters is 1. The van der Waals surface area contributed by atoms with Crippen molar-refractivity contribution >= 4 is 5.97 Å². The molecule has 0 aliphatic carbocycles. The summed E-state index contributed by atoms with van der Waals surface area (Å²) in [5.74, 6) is -0.634. The third-order valence-corrected chi connectivity index (χ3v) is 2.77. The van der Waals surface area contributed by atoms with Crippen LogP contribution in [0.1, 0.15) is 45.0 Å². The molecule has 0 bridgehead atoms. The smallest absolute Gasteiger partial charge is 0.308 e. The normalized spacial score (nSPS) is 14.7. The molecule has 0 saturated heterocycles. The Hall–Kier alpha value is -1.36. The maximum absolute atomic E-state index is 11.3. The van der Waals surface area contributed by atoms with Crippen molar-refractivity contribution in [2.45, 2.75) is 39.3 Å². The van der Waals surface area contributed by atoms with E-state index >= 15 is 0 Å². The molecule has 2 unspecified atom stereocenters. The number of rotatable bonds is 5. The summed E-state index contributed by atoms with van der Waals surface area (Å²) < 4.78 is 6.53. The molecule has 0 amide bonds. The van der Waals surface area contributed by atoms with Crippen LogP contribution in [0.5, 0.6) is 0 Å². The van der Waals surface area contributed by atoms with E-state index in [1.807, 2.05) is 18.4 Å². The molecule has 0 saturated carbocycles. The van der Waals surface area contributed by atoms with Gasteiger partial charge in [0, 0.05) is 6.04 Å². The van der Waals surface area contributed by atoms with Gasteiger partial charge in [-0.15, -0.1) is 0 Å². The van der Waals surface area contributed by atoms with Gasteiger partial charge in [0.15, 0.2) is 0 Å². The lowest BCUT2D eigenvalue weighted by molar-refractivity contribution is -0.145. The molecule has 5 heteroatoms. The van der Waals surface area contributed by atoms with Gasteiger partial charge < -0.3 is 14.4 Å². The first-order valence-electron chi connectivity index (χ1n) is 5.75. The van der Waals surface area contributed by atoms with Crippen LogP contribution < -0.4 is 0 Å². The second-order valence-corrected chi connectivity index (χ2v) is 4.50. The number of imidazole rings is 1. The molecular weight excluding hydrogens is 220 g/mol. The molecule has 2 atom stereocenters. The van der Waals surface area contributed by atoms with Gasteiger partial charge in [-0.05, 0) is 20.3 Å². The SMILES string of the molecule is COC(=O)C(C)CC(O)c1cncn1C(C)C. The lowest BCUT2D eigenvalue weighted by atomic mass is 10.0. The summed E-state index contributed by atoms with van der Waals surface area (Å²) in [6, 6.07) is 0.232. The third-order valence-electron chi connectivity index (χ3n) is 2.77. The van der Waals surface area contributed by atoms with Crippen LogP contribution in [0.15, 0.2) is 12.5 Å². The van der Waals surface area contributed by atoms with Gasteiger partial charge in [0.1, 0.15) is 0 Å². The van der Waals surface area contributed by atoms with Crippen molar-refractivity contribution in [1.82, 2.24) is 9.55 Å². The Morgan fingerprint density at radius 1 is 1.53 bits per heavy atom. The van der Waals surface area contributed by atoms with Gasteiger partial charge in [0.2, 0.25) is 0 Å². The van der Waals surface area contributed by atoms with Crippen LogP contribution in [0.3, 0.4) is 0 Å². The lowest BCUT2D eigenvalue weighted by Gasteiger charge is -2.18. The van der Waals surface area contributed by atoms with E-state index in [9.17, 15) is 9.90 Å². The second kappa shape index (κ2) is 5.82. The van der Waals surface area contributed by atoms with Crippen LogP contribution in [-0.2, 0) is 9.53 Å². The van der Waals surface area contributed by atoms with Crippen LogP contribution in [0.25, 0.3) is 0 Å². The first-order chi connectivity index (χ1) is 7.97. The molecule has 96 valence electrons. The fourth-order valence-electron chi connectivity index (χ4n) is 1.76. The molecule has 5 nitrogen and oxygen atoms in total. The Bertz CT molecular complexity index is 374. The Kier molecular flexibility index (Phi) is 4.69. The van der Waals surface area contributed by atoms with E-state index < -0.39 is 6.10 Å². The molecule has 1 aromatic rings. The Balaban J connectivity index is 2.73. The predicted molar refractivity (Wildman–Crippen MR) is 63.4 cm³/mol. The van der Waals surface area contributed by atoms with Gasteiger partial charge in [-0.2, -0.15) is 0 Å². The maximum Gasteiger partial charge on any atom is 0.308 e. The highest BCUT2D eigenvalue weighted by atomic mass is 16.5. The predicted octanol–water partition coefficient (Wildman–Crippen LogP) is 1.70. The summed E-state index contributed by atoms with van der Waals surface area (Å²) in [6.45, 7) is 5.77. The molecule has 0 aliphatic rings. The first-order valence-corrected chi connectivity index (χ1v) is 5.75. The molecule has 1 N–H and O–H groups in total. The maximum atomic E-state index is 11.3. The summed E-state index contributed by atoms with van der Waals surface area (Å²) in [5, 5.41) is 10.1. The molecule has 0 aromatic carbocycles. The summed E-state index contributed by atoms with van der Waals surface area (Å²) in [6.07, 6.45) is 2.96. The average Bonchev–Trinajstić information content (AvgIpc) is 2.76. The number of carbonyl (C=O) groups excluding carboxylic acids is 1. The van der Waals surface area contributed by atoms with Crippen molar-refractivity contribution in [3.63, 3.8) is 0 Å². The molecule has 0 spiro atoms. The van der Waals surface area contributed by atoms with Crippen molar-refractivity contribution in [2.75, 3.05) is 7.11 Å². The molecule has 1 heterocycles. The zero-order chi connectivity index (χ0) is 13.0. The molecule has 1 aromatic heterocycles. The summed E-state index contributed by atoms with van der Waals surface area (Å²) >= 11 is 0. The number of nitrogens with zero attached hydrogens (tertiary/aromatic N) is 2. The molecular formula is C12H20N2O3. The zero-order valence-corrected chi connectivity index (χ0v) is 10.8. The highest BCUT2D eigenvalue weighted by molar-refractivity contribution is 5.71. The van der Waals surface area contributed by atoms with Gasteiger partial charge >= 0.3 is 5.97 Å². The zero-order valence-electron chi connectivity index (χ0n) is 10.8. The molecule has 0 radical (unpaired) electrons. The Labute approximate surface area is 101 Å². The van der Waals surface area contributed by atoms with Crippen LogP contribution in [0, 0.1) is 5.92 Å². The van der Waals surface area contributed by atoms with Gasteiger partial charge in [-0.1, -0.05) is 6.92 Å². The average molecular weight is 240 g/mol. The highest BCUT2D eigenvalue weighted by Crippen LogP contribution is 2.23. The van der Waals surface area contributed by atoms with Crippen molar-refractivity contribution in [2.24, 2.45) is 5.92 Å². The van der Waals surface area contributed by atoms with Crippen LogP contribution >= 0.6 is 0 Å². The number of methoxy groups -OCH3 is 1. The number of aliphatic hydroxyl groups is 1. The summed E-state index contributed by atoms with van der Waals surface area (Å²) in [7, 11) is 1.35. The summed E-state index contributed by atoms with van der Waals surface area (Å²) in [4.78, 5) is 15.3. The highest BCUT2D eigenvalue weighted by Gasteiger charge is 2.21. The van der Waals surface area contributed by atoms with Crippen LogP contribution in [-0.4, -0.2) is 27.7 Å². The fourth-order valence-corrected chi connectivity index (χ4v) is 1.76. The van der Waals surface area contributed by atoms with E-state index in [1.165, 1.54) is 7.11 Å². The van der Waals surface area contributed by atoms with Crippen molar-refractivity contribution in [1.29, 1.82) is 0 Å². The number of ether oxygens (including phenoxy) is 1. The Morgan fingerprint density at radius 3 is 2.71 bits per heavy atom. The van der Waals surface area contributed by atoms with Gasteiger partial charge in [-0.3, -0.25) is 4.79 Å². The molecule has 0 fully saturated rings. The van der Waals surface area contributed by atoms with Crippen LogP contribution in [0.4, 0.5) is 0 Å². The molecule has 17 heavy (non-hydrogen) atoms. The summed E-state index contributed by atoms with van der Waals surface area (Å²) in [5.41, 5.74) is 0.732. The minimum absolute atomic E-state index is 0.232. The molecule has 1 rings (SSSR count). The Morgan fingerprint density at radius 2 is 2.18 bits per heavy atom. The number of hydrogen-bond donors (Lipinski definition) is 1. The quantitative estimate of drug-likeness (QED) is 0.795. The first kappa shape index (κ1) is 13.7. The van der Waals surface area contributed by atoms with Crippen molar-refractivity contribution in [3.8, 4) is 0 Å². The minimum atomic E-state index is -0.700. The monoisotopic (exact) mass is 240 g/mol. The lowest BCUT2D eigenvalue weighted by Crippen LogP contribution is -2.18. The van der Waals surface area contributed by atoms with E-state index in [4.69, 9.17) is 0 Å². The van der Waals surface area contributed by atoms with Gasteiger partial charge in [0.25, 0.3) is 0 Å². The number of carbonyl (C=O) groups is 1. The number of hydrogen-bond acceptors (Lipinski definition) is 4. The van der Waals surface area contributed by atoms with E-state index in [2.05, 4.69) is 9.72 Å². The number of aliphatic hydroxyl groups excluding tert-OH is 1. The van der Waals surface area contributed by atoms with Crippen LogP contribution in [0.2, 0.25) is 0 Å². The minimum Gasteiger partial charge on any atom is -0.469 e. The topological polar surface area (TPSA) is 64.3 Å². The number of aromatic nitrogens is 2. The van der Waals surface area contributed by atoms with E-state index in [0.717, 1.165) is 5.69 Å². The van der Waals surface area contributed by atoms with Gasteiger partial charge in [0.05, 0.1) is 37.3 Å². The van der Waals surface area contributed by atoms with E-state index in [1.54, 1.807) is 19.4 Å². The standard InChI is InChI=1S/C12H20N2O3/c1-8(2)14-7-13-6-10(14)11(15)5-9(3)12(16)17-4/h6-9,11,15H,5H2,1-4H3.